The maximum atomic E-state index is 13.1. The van der Waals surface area contributed by atoms with Gasteiger partial charge in [-0.1, -0.05) is 41.9 Å². The molecule has 3 aromatic carbocycles. The fourth-order valence-electron chi connectivity index (χ4n) is 3.26. The summed E-state index contributed by atoms with van der Waals surface area (Å²) in [6.07, 6.45) is 0.171. The van der Waals surface area contributed by atoms with Crippen LogP contribution in [0.1, 0.15) is 5.56 Å². The fraction of sp³-hybridized carbons (Fsp3) is 0.174. The van der Waals surface area contributed by atoms with E-state index in [-0.39, 0.29) is 11.3 Å². The summed E-state index contributed by atoms with van der Waals surface area (Å²) in [5.74, 6) is 0.622. The standard InChI is InChI=1S/C23H21ClN2O5S/c24-17-6-9-19(10-7-17)32(28,29)26-20(14-16-4-2-1-3-5-16)23(27)25-18-8-11-21-22(15-18)31-13-12-30-21/h1-11,15,20,26H,12-14H2,(H,25,27)/t20-/m0/s1. The van der Waals surface area contributed by atoms with Gasteiger partial charge in [0.2, 0.25) is 15.9 Å². The Bertz CT molecular complexity index is 1200. The van der Waals surface area contributed by atoms with Gasteiger partial charge in [0.15, 0.2) is 11.5 Å². The molecule has 166 valence electrons. The number of hydrogen-bond acceptors (Lipinski definition) is 5. The van der Waals surface area contributed by atoms with Gasteiger partial charge in [-0.05, 0) is 48.4 Å². The topological polar surface area (TPSA) is 93.7 Å². The van der Waals surface area contributed by atoms with E-state index in [0.29, 0.717) is 35.4 Å². The van der Waals surface area contributed by atoms with Crippen LogP contribution in [0.25, 0.3) is 0 Å². The van der Waals surface area contributed by atoms with Gasteiger partial charge in [0.25, 0.3) is 0 Å². The van der Waals surface area contributed by atoms with Crippen molar-refractivity contribution in [1.82, 2.24) is 4.72 Å². The lowest BCUT2D eigenvalue weighted by Gasteiger charge is -2.21. The minimum atomic E-state index is -3.96. The van der Waals surface area contributed by atoms with Crippen LogP contribution in [0.15, 0.2) is 77.7 Å². The first-order valence-corrected chi connectivity index (χ1v) is 11.8. The van der Waals surface area contributed by atoms with E-state index < -0.39 is 22.0 Å². The van der Waals surface area contributed by atoms with E-state index in [0.717, 1.165) is 5.56 Å². The zero-order chi connectivity index (χ0) is 22.6. The molecule has 1 aliphatic heterocycles. The highest BCUT2D eigenvalue weighted by molar-refractivity contribution is 7.89. The molecule has 0 fully saturated rings. The third kappa shape index (κ3) is 5.40. The Morgan fingerprint density at radius 1 is 0.938 bits per heavy atom. The van der Waals surface area contributed by atoms with Crippen molar-refractivity contribution in [3.8, 4) is 11.5 Å². The van der Waals surface area contributed by atoms with Crippen LogP contribution in [0.2, 0.25) is 5.02 Å². The van der Waals surface area contributed by atoms with Gasteiger partial charge < -0.3 is 14.8 Å². The molecule has 1 amide bonds. The number of halogens is 1. The number of ether oxygens (including phenoxy) is 2. The average molecular weight is 473 g/mol. The van der Waals surface area contributed by atoms with E-state index >= 15 is 0 Å². The van der Waals surface area contributed by atoms with E-state index in [1.807, 2.05) is 30.3 Å². The number of nitrogens with one attached hydrogen (secondary N) is 2. The highest BCUT2D eigenvalue weighted by atomic mass is 35.5. The van der Waals surface area contributed by atoms with Crippen LogP contribution in [0.5, 0.6) is 11.5 Å². The smallest absolute Gasteiger partial charge is 0.242 e. The second-order valence-electron chi connectivity index (χ2n) is 7.17. The van der Waals surface area contributed by atoms with Gasteiger partial charge in [-0.25, -0.2) is 8.42 Å². The molecule has 1 heterocycles. The summed E-state index contributed by atoms with van der Waals surface area (Å²) < 4.78 is 39.4. The Kier molecular flexibility index (Phi) is 6.64. The zero-order valence-corrected chi connectivity index (χ0v) is 18.5. The first-order chi connectivity index (χ1) is 15.4. The van der Waals surface area contributed by atoms with Crippen molar-refractivity contribution < 1.29 is 22.7 Å². The SMILES string of the molecule is O=C(Nc1ccc2c(c1)OCCO2)[C@H](Cc1ccccc1)NS(=O)(=O)c1ccc(Cl)cc1. The highest BCUT2D eigenvalue weighted by Gasteiger charge is 2.26. The second kappa shape index (κ2) is 9.60. The molecule has 1 atom stereocenters. The second-order valence-corrected chi connectivity index (χ2v) is 9.32. The van der Waals surface area contributed by atoms with Crippen LogP contribution in [0, 0.1) is 0 Å². The van der Waals surface area contributed by atoms with Gasteiger partial charge in [0.05, 0.1) is 4.90 Å². The van der Waals surface area contributed by atoms with E-state index in [9.17, 15) is 13.2 Å². The van der Waals surface area contributed by atoms with Crippen molar-refractivity contribution in [2.24, 2.45) is 0 Å². The van der Waals surface area contributed by atoms with Gasteiger partial charge in [0, 0.05) is 16.8 Å². The van der Waals surface area contributed by atoms with Gasteiger partial charge in [-0.2, -0.15) is 4.72 Å². The van der Waals surface area contributed by atoms with Crippen LogP contribution < -0.4 is 19.5 Å². The molecule has 7 nitrogen and oxygen atoms in total. The van der Waals surface area contributed by atoms with Crippen molar-refractivity contribution in [3.63, 3.8) is 0 Å². The summed E-state index contributed by atoms with van der Waals surface area (Å²) >= 11 is 5.87. The Balaban J connectivity index is 1.57. The molecule has 9 heteroatoms. The maximum Gasteiger partial charge on any atom is 0.242 e. The van der Waals surface area contributed by atoms with Gasteiger partial charge in [-0.15, -0.1) is 0 Å². The number of rotatable bonds is 7. The van der Waals surface area contributed by atoms with Crippen LogP contribution in [-0.4, -0.2) is 33.6 Å². The normalized spacial score (nSPS) is 13.9. The van der Waals surface area contributed by atoms with E-state index in [1.165, 1.54) is 24.3 Å². The molecular formula is C23H21ClN2O5S. The number of hydrogen-bond donors (Lipinski definition) is 2. The molecule has 2 N–H and O–H groups in total. The number of benzene rings is 3. The van der Waals surface area contributed by atoms with Crippen molar-refractivity contribution in [2.45, 2.75) is 17.4 Å². The molecule has 3 aromatic rings. The Morgan fingerprint density at radius 3 is 2.34 bits per heavy atom. The third-order valence-corrected chi connectivity index (χ3v) is 6.57. The summed E-state index contributed by atoms with van der Waals surface area (Å²) in [4.78, 5) is 13.1. The number of fused-ring (bicyclic) bond motifs is 1. The highest BCUT2D eigenvalue weighted by Crippen LogP contribution is 2.32. The predicted molar refractivity (Wildman–Crippen MR) is 122 cm³/mol. The summed E-state index contributed by atoms with van der Waals surface area (Å²) in [6, 6.07) is 18.9. The van der Waals surface area contributed by atoms with Crippen LogP contribution >= 0.6 is 11.6 Å². The first-order valence-electron chi connectivity index (χ1n) is 9.93. The molecular weight excluding hydrogens is 452 g/mol. The van der Waals surface area contributed by atoms with Crippen molar-refractivity contribution in [1.29, 1.82) is 0 Å². The van der Waals surface area contributed by atoms with Crippen LogP contribution in [0.3, 0.4) is 0 Å². The van der Waals surface area contributed by atoms with Gasteiger partial charge in [-0.3, -0.25) is 4.79 Å². The first kappa shape index (κ1) is 22.1. The van der Waals surface area contributed by atoms with Gasteiger partial charge in [0.1, 0.15) is 19.3 Å². The molecule has 0 saturated heterocycles. The summed E-state index contributed by atoms with van der Waals surface area (Å²) in [7, 11) is -3.96. The minimum Gasteiger partial charge on any atom is -0.486 e. The Labute approximate surface area is 191 Å². The quantitative estimate of drug-likeness (QED) is 0.547. The van der Waals surface area contributed by atoms with Crippen molar-refractivity contribution in [3.05, 3.63) is 83.4 Å². The molecule has 0 aromatic heterocycles. The lowest BCUT2D eigenvalue weighted by Crippen LogP contribution is -2.45. The molecule has 0 radical (unpaired) electrons. The van der Waals surface area contributed by atoms with E-state index in [1.54, 1.807) is 18.2 Å². The largest absolute Gasteiger partial charge is 0.486 e. The molecule has 0 saturated carbocycles. The number of amides is 1. The Hall–Kier alpha value is -3.07. The number of carbonyl (C=O) groups is 1. The maximum absolute atomic E-state index is 13.1. The van der Waals surface area contributed by atoms with Crippen LogP contribution in [-0.2, 0) is 21.2 Å². The zero-order valence-electron chi connectivity index (χ0n) is 17.0. The summed E-state index contributed by atoms with van der Waals surface area (Å²) in [5, 5.41) is 3.19. The lowest BCUT2D eigenvalue weighted by atomic mass is 10.1. The average Bonchev–Trinajstić information content (AvgIpc) is 2.79. The number of carbonyl (C=O) groups excluding carboxylic acids is 1. The molecule has 0 bridgehead atoms. The van der Waals surface area contributed by atoms with E-state index in [2.05, 4.69) is 10.0 Å². The van der Waals surface area contributed by atoms with Crippen LogP contribution in [0.4, 0.5) is 5.69 Å². The molecule has 1 aliphatic rings. The third-order valence-electron chi connectivity index (χ3n) is 4.83. The molecule has 0 unspecified atom stereocenters. The lowest BCUT2D eigenvalue weighted by molar-refractivity contribution is -0.117. The minimum absolute atomic E-state index is 0.0205. The molecule has 32 heavy (non-hydrogen) atoms. The van der Waals surface area contributed by atoms with Gasteiger partial charge >= 0.3 is 0 Å². The summed E-state index contributed by atoms with van der Waals surface area (Å²) in [6.45, 7) is 0.881. The number of anilines is 1. The molecule has 0 spiro atoms. The summed E-state index contributed by atoms with van der Waals surface area (Å²) in [5.41, 5.74) is 1.29. The molecule has 0 aliphatic carbocycles. The fourth-order valence-corrected chi connectivity index (χ4v) is 4.58. The Morgan fingerprint density at radius 2 is 1.62 bits per heavy atom. The predicted octanol–water partition coefficient (Wildman–Crippen LogP) is 3.64. The van der Waals surface area contributed by atoms with Crippen molar-refractivity contribution in [2.75, 3.05) is 18.5 Å². The monoisotopic (exact) mass is 472 g/mol. The number of sulfonamides is 1. The van der Waals surface area contributed by atoms with Crippen molar-refractivity contribution >= 4 is 33.2 Å². The van der Waals surface area contributed by atoms with E-state index in [4.69, 9.17) is 21.1 Å². The molecule has 4 rings (SSSR count).